The first-order valence-corrected chi connectivity index (χ1v) is 6.22. The Morgan fingerprint density at radius 1 is 1.21 bits per heavy atom. The molecule has 1 heterocycles. The molecule has 0 aliphatic heterocycles. The van der Waals surface area contributed by atoms with Gasteiger partial charge in [-0.25, -0.2) is 4.79 Å². The van der Waals surface area contributed by atoms with Crippen LogP contribution in [0.3, 0.4) is 0 Å². The number of carbonyl (C=O) groups is 2. The fourth-order valence-corrected chi connectivity index (χ4v) is 2.07. The Morgan fingerprint density at radius 3 is 2.47 bits per heavy atom. The van der Waals surface area contributed by atoms with Crippen molar-refractivity contribution < 1.29 is 14.3 Å². The molecule has 0 saturated carbocycles. The molecule has 0 saturated heterocycles. The second kappa shape index (κ2) is 5.57. The highest BCUT2D eigenvalue weighted by Crippen LogP contribution is 2.17. The molecule has 19 heavy (non-hydrogen) atoms. The molecule has 0 aliphatic rings. The largest absolute Gasteiger partial charge is 0.465 e. The topological polar surface area (TPSA) is 81.2 Å². The van der Waals surface area contributed by atoms with Gasteiger partial charge in [-0.05, 0) is 19.1 Å². The van der Waals surface area contributed by atoms with Crippen LogP contribution in [0.2, 0.25) is 0 Å². The van der Waals surface area contributed by atoms with Gasteiger partial charge in [-0.15, -0.1) is 10.2 Å². The van der Waals surface area contributed by atoms with Crippen molar-refractivity contribution in [2.75, 3.05) is 12.4 Å². The molecule has 2 rings (SSSR count). The Balaban J connectivity index is 2.26. The molecule has 0 aliphatic carbocycles. The van der Waals surface area contributed by atoms with Crippen LogP contribution in [0.15, 0.2) is 24.3 Å². The number of nitrogens with zero attached hydrogens (tertiary/aromatic N) is 2. The van der Waals surface area contributed by atoms with E-state index in [1.807, 2.05) is 0 Å². The van der Waals surface area contributed by atoms with Crippen molar-refractivity contribution in [3.8, 4) is 0 Å². The van der Waals surface area contributed by atoms with Gasteiger partial charge in [0.1, 0.15) is 5.01 Å². The molecule has 0 atom stereocenters. The number of ether oxygens (including phenoxy) is 1. The first kappa shape index (κ1) is 13.2. The predicted octanol–water partition coefficient (Wildman–Crippen LogP) is 1.89. The Hall–Kier alpha value is -2.28. The molecular formula is C12H11N3O3S. The Labute approximate surface area is 113 Å². The quantitative estimate of drug-likeness (QED) is 0.866. The van der Waals surface area contributed by atoms with Crippen LogP contribution in [0, 0.1) is 6.92 Å². The van der Waals surface area contributed by atoms with Crippen LogP contribution in [0.4, 0.5) is 5.13 Å². The number of hydrogen-bond acceptors (Lipinski definition) is 6. The van der Waals surface area contributed by atoms with E-state index in [1.54, 1.807) is 25.1 Å². The SMILES string of the molecule is COC(=O)c1ccccc1C(=O)Nc1nnc(C)s1. The van der Waals surface area contributed by atoms with Crippen LogP contribution < -0.4 is 5.32 Å². The van der Waals surface area contributed by atoms with Crippen molar-refractivity contribution in [2.45, 2.75) is 6.92 Å². The van der Waals surface area contributed by atoms with Gasteiger partial charge in [0, 0.05) is 0 Å². The lowest BCUT2D eigenvalue weighted by atomic mass is 10.1. The molecule has 0 radical (unpaired) electrons. The highest BCUT2D eigenvalue weighted by atomic mass is 32.1. The second-order valence-electron chi connectivity index (χ2n) is 3.62. The summed E-state index contributed by atoms with van der Waals surface area (Å²) in [6, 6.07) is 6.42. The highest BCUT2D eigenvalue weighted by molar-refractivity contribution is 7.15. The summed E-state index contributed by atoms with van der Waals surface area (Å²) in [4.78, 5) is 23.7. The van der Waals surface area contributed by atoms with Gasteiger partial charge in [-0.3, -0.25) is 10.1 Å². The van der Waals surface area contributed by atoms with E-state index in [9.17, 15) is 9.59 Å². The molecule has 0 fully saturated rings. The molecule has 0 bridgehead atoms. The fraction of sp³-hybridized carbons (Fsp3) is 0.167. The van der Waals surface area contributed by atoms with Crippen LogP contribution in [0.25, 0.3) is 0 Å². The molecule has 6 nitrogen and oxygen atoms in total. The van der Waals surface area contributed by atoms with Gasteiger partial charge in [-0.2, -0.15) is 0 Å². The maximum atomic E-state index is 12.1. The number of nitrogens with one attached hydrogen (secondary N) is 1. The molecule has 7 heteroatoms. The van der Waals surface area contributed by atoms with Gasteiger partial charge in [0.05, 0.1) is 18.2 Å². The maximum absolute atomic E-state index is 12.1. The molecule has 98 valence electrons. The average molecular weight is 277 g/mol. The molecule has 0 spiro atoms. The minimum absolute atomic E-state index is 0.212. The number of aromatic nitrogens is 2. The Bertz CT molecular complexity index is 624. The van der Waals surface area contributed by atoms with Crippen molar-refractivity contribution in [1.29, 1.82) is 0 Å². The summed E-state index contributed by atoms with van der Waals surface area (Å²) in [5.74, 6) is -0.976. The zero-order valence-corrected chi connectivity index (χ0v) is 11.2. The summed E-state index contributed by atoms with van der Waals surface area (Å²) < 4.78 is 4.64. The summed E-state index contributed by atoms with van der Waals surface area (Å²) in [7, 11) is 1.27. The lowest BCUT2D eigenvalue weighted by Gasteiger charge is -2.06. The molecule has 1 N–H and O–H groups in total. The van der Waals surface area contributed by atoms with Crippen LogP contribution in [0.5, 0.6) is 0 Å². The zero-order chi connectivity index (χ0) is 13.8. The number of methoxy groups -OCH3 is 1. The van der Waals surface area contributed by atoms with Crippen molar-refractivity contribution in [1.82, 2.24) is 10.2 Å². The fourth-order valence-electron chi connectivity index (χ4n) is 1.48. The number of anilines is 1. The minimum atomic E-state index is -0.556. The average Bonchev–Trinajstić information content (AvgIpc) is 2.83. The van der Waals surface area contributed by atoms with Gasteiger partial charge in [-0.1, -0.05) is 23.5 Å². The highest BCUT2D eigenvalue weighted by Gasteiger charge is 2.17. The van der Waals surface area contributed by atoms with Gasteiger partial charge >= 0.3 is 5.97 Å². The summed E-state index contributed by atoms with van der Waals surface area (Å²) in [5, 5.41) is 11.3. The number of benzene rings is 1. The van der Waals surface area contributed by atoms with E-state index in [0.29, 0.717) is 5.13 Å². The van der Waals surface area contributed by atoms with E-state index in [0.717, 1.165) is 5.01 Å². The summed E-state index contributed by atoms with van der Waals surface area (Å²) >= 11 is 1.26. The van der Waals surface area contributed by atoms with Crippen molar-refractivity contribution in [2.24, 2.45) is 0 Å². The monoisotopic (exact) mass is 277 g/mol. The Kier molecular flexibility index (Phi) is 3.86. The van der Waals surface area contributed by atoms with E-state index >= 15 is 0 Å². The van der Waals surface area contributed by atoms with E-state index in [4.69, 9.17) is 0 Å². The van der Waals surface area contributed by atoms with Crippen LogP contribution >= 0.6 is 11.3 Å². The second-order valence-corrected chi connectivity index (χ2v) is 4.80. The molecule has 1 aromatic carbocycles. The third-order valence-electron chi connectivity index (χ3n) is 2.32. The van der Waals surface area contributed by atoms with Gasteiger partial charge < -0.3 is 4.74 Å². The van der Waals surface area contributed by atoms with Crippen molar-refractivity contribution in [3.63, 3.8) is 0 Å². The number of aryl methyl sites for hydroxylation is 1. The van der Waals surface area contributed by atoms with E-state index < -0.39 is 11.9 Å². The van der Waals surface area contributed by atoms with Gasteiger partial charge in [0.15, 0.2) is 0 Å². The Morgan fingerprint density at radius 2 is 1.89 bits per heavy atom. The minimum Gasteiger partial charge on any atom is -0.465 e. The zero-order valence-electron chi connectivity index (χ0n) is 10.3. The third-order valence-corrected chi connectivity index (χ3v) is 3.08. The smallest absolute Gasteiger partial charge is 0.338 e. The van der Waals surface area contributed by atoms with Crippen LogP contribution in [-0.4, -0.2) is 29.2 Å². The molecule has 1 amide bonds. The van der Waals surface area contributed by atoms with Crippen molar-refractivity contribution in [3.05, 3.63) is 40.4 Å². The third kappa shape index (κ3) is 2.94. The standard InChI is InChI=1S/C12H11N3O3S/c1-7-14-15-12(19-7)13-10(16)8-5-3-4-6-9(8)11(17)18-2/h3-6H,1-2H3,(H,13,15,16). The van der Waals surface area contributed by atoms with E-state index in [1.165, 1.54) is 24.5 Å². The predicted molar refractivity (Wildman–Crippen MR) is 70.4 cm³/mol. The van der Waals surface area contributed by atoms with Gasteiger partial charge in [0.25, 0.3) is 5.91 Å². The molecule has 0 unspecified atom stereocenters. The van der Waals surface area contributed by atoms with E-state index in [-0.39, 0.29) is 11.1 Å². The number of carbonyl (C=O) groups excluding carboxylic acids is 2. The van der Waals surface area contributed by atoms with Crippen LogP contribution in [0.1, 0.15) is 25.7 Å². The summed E-state index contributed by atoms with van der Waals surface area (Å²) in [6.07, 6.45) is 0. The number of esters is 1. The number of amides is 1. The normalized spacial score (nSPS) is 10.0. The first-order valence-electron chi connectivity index (χ1n) is 5.40. The number of hydrogen-bond donors (Lipinski definition) is 1. The molecular weight excluding hydrogens is 266 g/mol. The lowest BCUT2D eigenvalue weighted by molar-refractivity contribution is 0.0597. The summed E-state index contributed by atoms with van der Waals surface area (Å²) in [6.45, 7) is 1.79. The molecule has 1 aromatic heterocycles. The van der Waals surface area contributed by atoms with Crippen molar-refractivity contribution >= 4 is 28.3 Å². The number of rotatable bonds is 3. The first-order chi connectivity index (χ1) is 9.11. The van der Waals surface area contributed by atoms with Crippen LogP contribution in [-0.2, 0) is 4.74 Å². The summed E-state index contributed by atoms with van der Waals surface area (Å²) in [5.41, 5.74) is 0.450. The molecule has 2 aromatic rings. The van der Waals surface area contributed by atoms with Gasteiger partial charge in [0.2, 0.25) is 5.13 Å². The lowest BCUT2D eigenvalue weighted by Crippen LogP contribution is -2.17. The van der Waals surface area contributed by atoms with E-state index in [2.05, 4.69) is 20.3 Å². The maximum Gasteiger partial charge on any atom is 0.338 e.